The largest absolute Gasteiger partial charge is 0.323 e. The van der Waals surface area contributed by atoms with Crippen LogP contribution >= 0.6 is 0 Å². The van der Waals surface area contributed by atoms with E-state index >= 15 is 0 Å². The lowest BCUT2D eigenvalue weighted by molar-refractivity contribution is 0.0164. The third-order valence-electron chi connectivity index (χ3n) is 5.62. The number of rotatable bonds is 6. The molecule has 4 rings (SSSR count). The molecule has 0 amide bonds. The molecule has 0 spiro atoms. The fourth-order valence-electron chi connectivity index (χ4n) is 3.90. The zero-order valence-electron chi connectivity index (χ0n) is 22.7. The Morgan fingerprint density at radius 3 is 2.14 bits per heavy atom. The summed E-state index contributed by atoms with van der Waals surface area (Å²) in [4.78, 5) is 4.90. The van der Waals surface area contributed by atoms with E-state index in [0.717, 1.165) is 40.5 Å². The number of nitrogens with zero attached hydrogens (tertiary/aromatic N) is 2. The number of aryl methyl sites for hydroxylation is 1. The third kappa shape index (κ3) is 8.02. The van der Waals surface area contributed by atoms with Gasteiger partial charge in [-0.25, -0.2) is 13.8 Å². The predicted octanol–water partition coefficient (Wildman–Crippen LogP) is 9.21. The van der Waals surface area contributed by atoms with Gasteiger partial charge in [0.2, 0.25) is 0 Å². The van der Waals surface area contributed by atoms with Crippen molar-refractivity contribution in [3.63, 3.8) is 0 Å². The Hall–Kier alpha value is -3.97. The van der Waals surface area contributed by atoms with Gasteiger partial charge in [-0.2, -0.15) is 0 Å². The lowest BCUT2D eigenvalue weighted by Crippen LogP contribution is -2.14. The van der Waals surface area contributed by atoms with E-state index in [4.69, 9.17) is 4.98 Å². The Bertz CT molecular complexity index is 1310. The van der Waals surface area contributed by atoms with Crippen LogP contribution in [0, 0.1) is 19.8 Å². The second-order valence-electron chi connectivity index (χ2n) is 8.31. The second kappa shape index (κ2) is 14.6. The van der Waals surface area contributed by atoms with Crippen molar-refractivity contribution >= 4 is 16.6 Å². The van der Waals surface area contributed by atoms with Gasteiger partial charge in [0.15, 0.2) is 0 Å². The van der Waals surface area contributed by atoms with E-state index in [-0.39, 0.29) is 5.56 Å². The molecule has 1 heterocycles. The fourth-order valence-corrected chi connectivity index (χ4v) is 3.90. The first-order valence-corrected chi connectivity index (χ1v) is 12.2. The van der Waals surface area contributed by atoms with Gasteiger partial charge in [0.25, 0.3) is 5.92 Å². The van der Waals surface area contributed by atoms with Crippen molar-refractivity contribution in [2.45, 2.75) is 53.5 Å². The van der Waals surface area contributed by atoms with E-state index in [0.29, 0.717) is 18.5 Å². The fraction of sp³-hybridized carbons (Fsp3) is 0.242. The summed E-state index contributed by atoms with van der Waals surface area (Å²) >= 11 is 0. The first kappa shape index (κ1) is 31.1. The van der Waals surface area contributed by atoms with Crippen LogP contribution in [0.5, 0.6) is 0 Å². The molecular weight excluding hydrogens is 462 g/mol. The molecule has 194 valence electrons. The molecule has 0 saturated carbocycles. The average Bonchev–Trinajstić information content (AvgIpc) is 3.24. The SMILES string of the molecule is C#C.C=C.C=C(C)c1ccc2c(c1)nc(Cc1ccc(C)cc1)n2Cc1ccccc1C(C)(F)F.CC. The minimum absolute atomic E-state index is 0.0525. The number of aromatic nitrogens is 2. The maximum absolute atomic E-state index is 14.2. The van der Waals surface area contributed by atoms with Crippen LogP contribution < -0.4 is 0 Å². The van der Waals surface area contributed by atoms with Crippen molar-refractivity contribution in [3.05, 3.63) is 120 Å². The Morgan fingerprint density at radius 2 is 1.57 bits per heavy atom. The number of imidazole rings is 1. The molecule has 4 aromatic rings. The highest BCUT2D eigenvalue weighted by Gasteiger charge is 2.27. The van der Waals surface area contributed by atoms with Crippen molar-refractivity contribution in [2.75, 3.05) is 0 Å². The topological polar surface area (TPSA) is 17.8 Å². The van der Waals surface area contributed by atoms with Crippen LogP contribution in [0.4, 0.5) is 8.78 Å². The van der Waals surface area contributed by atoms with E-state index in [1.807, 2.05) is 45.0 Å². The zero-order valence-corrected chi connectivity index (χ0v) is 22.7. The summed E-state index contributed by atoms with van der Waals surface area (Å²) in [6.45, 7) is 19.3. The predicted molar refractivity (Wildman–Crippen MR) is 156 cm³/mol. The van der Waals surface area contributed by atoms with E-state index in [2.05, 4.69) is 68.3 Å². The number of benzene rings is 3. The Kier molecular flexibility index (Phi) is 12.2. The summed E-state index contributed by atoms with van der Waals surface area (Å²) in [5.74, 6) is -2.05. The average molecular weight is 501 g/mol. The van der Waals surface area contributed by atoms with E-state index in [1.165, 1.54) is 11.6 Å². The molecule has 37 heavy (non-hydrogen) atoms. The lowest BCUT2D eigenvalue weighted by Gasteiger charge is -2.17. The van der Waals surface area contributed by atoms with E-state index in [9.17, 15) is 8.78 Å². The molecular formula is C33H38F2N2. The summed E-state index contributed by atoms with van der Waals surface area (Å²) in [5, 5.41) is 0. The standard InChI is InChI=1S/C27H26F2N2.C2H6.C2H4.C2H2/c1-18(2)21-13-14-25-24(16-21)30-26(15-20-11-9-19(3)10-12-20)31(25)17-22-7-5-6-8-23(22)27(4,28)29;3*1-2/h5-14,16H,1,15,17H2,2-4H3;1-2H3;1-2H2;1-2H. The molecule has 4 heteroatoms. The van der Waals surface area contributed by atoms with E-state index in [1.54, 1.807) is 12.1 Å². The summed E-state index contributed by atoms with van der Waals surface area (Å²) < 4.78 is 30.6. The van der Waals surface area contributed by atoms with Gasteiger partial charge in [0.05, 0.1) is 11.0 Å². The number of allylic oxidation sites excluding steroid dienone is 1. The molecule has 2 nitrogen and oxygen atoms in total. The number of alkyl halides is 2. The monoisotopic (exact) mass is 500 g/mol. The quantitative estimate of drug-likeness (QED) is 0.191. The molecule has 0 unspecified atom stereocenters. The molecule has 0 atom stereocenters. The minimum Gasteiger partial charge on any atom is -0.323 e. The number of hydrogen-bond acceptors (Lipinski definition) is 1. The molecule has 0 aliphatic rings. The molecule has 1 aromatic heterocycles. The van der Waals surface area contributed by atoms with Crippen LogP contribution in [0.25, 0.3) is 16.6 Å². The maximum atomic E-state index is 14.2. The molecule has 3 aromatic carbocycles. The maximum Gasteiger partial charge on any atom is 0.270 e. The normalized spacial score (nSPS) is 10.2. The van der Waals surface area contributed by atoms with Gasteiger partial charge < -0.3 is 4.57 Å². The van der Waals surface area contributed by atoms with Crippen molar-refractivity contribution in [3.8, 4) is 12.8 Å². The van der Waals surface area contributed by atoms with E-state index < -0.39 is 5.92 Å². The van der Waals surface area contributed by atoms with Crippen LogP contribution in [-0.4, -0.2) is 9.55 Å². The van der Waals surface area contributed by atoms with Crippen LogP contribution in [0.2, 0.25) is 0 Å². The highest BCUT2D eigenvalue weighted by Crippen LogP contribution is 2.31. The Balaban J connectivity index is 0.00000106. The van der Waals surface area contributed by atoms with Crippen molar-refractivity contribution in [1.82, 2.24) is 9.55 Å². The Morgan fingerprint density at radius 1 is 0.973 bits per heavy atom. The van der Waals surface area contributed by atoms with Crippen LogP contribution in [-0.2, 0) is 18.9 Å². The first-order chi connectivity index (χ1) is 17.7. The molecule has 0 aliphatic heterocycles. The van der Waals surface area contributed by atoms with Gasteiger partial charge in [0, 0.05) is 25.5 Å². The number of fused-ring (bicyclic) bond motifs is 1. The third-order valence-corrected chi connectivity index (χ3v) is 5.62. The smallest absolute Gasteiger partial charge is 0.270 e. The first-order valence-electron chi connectivity index (χ1n) is 12.2. The molecule has 0 fully saturated rings. The van der Waals surface area contributed by atoms with Gasteiger partial charge >= 0.3 is 0 Å². The van der Waals surface area contributed by atoms with Gasteiger partial charge in [-0.3, -0.25) is 0 Å². The van der Waals surface area contributed by atoms with Crippen LogP contribution in [0.1, 0.15) is 61.3 Å². The summed E-state index contributed by atoms with van der Waals surface area (Å²) in [6, 6.07) is 21.1. The van der Waals surface area contributed by atoms with Crippen LogP contribution in [0.3, 0.4) is 0 Å². The molecule has 0 aliphatic carbocycles. The molecule has 0 saturated heterocycles. The molecule has 0 N–H and O–H groups in total. The van der Waals surface area contributed by atoms with Gasteiger partial charge in [-0.1, -0.05) is 86.2 Å². The molecule has 0 radical (unpaired) electrons. The van der Waals surface area contributed by atoms with Crippen molar-refractivity contribution < 1.29 is 8.78 Å². The summed E-state index contributed by atoms with van der Waals surface area (Å²) in [6.07, 6.45) is 8.63. The van der Waals surface area contributed by atoms with Crippen molar-refractivity contribution in [2.24, 2.45) is 0 Å². The van der Waals surface area contributed by atoms with Gasteiger partial charge in [0.1, 0.15) is 5.82 Å². The second-order valence-corrected chi connectivity index (χ2v) is 8.31. The highest BCUT2D eigenvalue weighted by atomic mass is 19.3. The van der Waals surface area contributed by atoms with Gasteiger partial charge in [-0.15, -0.1) is 26.0 Å². The number of terminal acetylenes is 1. The number of halogens is 2. The van der Waals surface area contributed by atoms with Gasteiger partial charge in [-0.05, 0) is 42.7 Å². The summed E-state index contributed by atoms with van der Waals surface area (Å²) in [7, 11) is 0. The minimum atomic E-state index is -2.91. The number of hydrogen-bond donors (Lipinski definition) is 0. The molecule has 0 bridgehead atoms. The zero-order chi connectivity index (χ0) is 28.2. The van der Waals surface area contributed by atoms with Crippen molar-refractivity contribution in [1.29, 1.82) is 0 Å². The highest BCUT2D eigenvalue weighted by molar-refractivity contribution is 5.81. The lowest BCUT2D eigenvalue weighted by atomic mass is 10.0. The Labute approximate surface area is 221 Å². The van der Waals surface area contributed by atoms with Crippen LogP contribution in [0.15, 0.2) is 86.5 Å². The summed E-state index contributed by atoms with van der Waals surface area (Å²) in [5.41, 5.74) is 6.76.